The fraction of sp³-hybridized carbons (Fsp3) is 0.429. The first-order valence-corrected chi connectivity index (χ1v) is 7.39. The molecule has 2 heterocycles. The van der Waals surface area contributed by atoms with Crippen molar-refractivity contribution in [1.82, 2.24) is 10.2 Å². The molecule has 2 amide bonds. The Morgan fingerprint density at radius 2 is 2.05 bits per heavy atom. The Morgan fingerprint density at radius 3 is 2.77 bits per heavy atom. The number of ether oxygens (including phenoxy) is 2. The Morgan fingerprint density at radius 1 is 1.32 bits per heavy atom. The number of piperazine rings is 1. The molecule has 1 saturated heterocycles. The summed E-state index contributed by atoms with van der Waals surface area (Å²) in [6.07, 6.45) is 0. The molecule has 0 aliphatic carbocycles. The summed E-state index contributed by atoms with van der Waals surface area (Å²) in [5.41, 5.74) is 0.598. The van der Waals surface area contributed by atoms with E-state index in [1.54, 1.807) is 12.1 Å². The third-order valence-electron chi connectivity index (χ3n) is 3.45. The molecule has 2 N–H and O–H groups in total. The van der Waals surface area contributed by atoms with Gasteiger partial charge in [0.2, 0.25) is 11.8 Å². The maximum absolute atomic E-state index is 12.1. The zero-order valence-electron chi connectivity index (χ0n) is 11.9. The largest absolute Gasteiger partial charge is 0.486 e. The molecular weight excluding hydrogens is 310 g/mol. The van der Waals surface area contributed by atoms with Gasteiger partial charge in [0.25, 0.3) is 0 Å². The molecule has 1 aromatic rings. The highest BCUT2D eigenvalue weighted by Gasteiger charge is 2.21. The van der Waals surface area contributed by atoms with E-state index in [1.807, 2.05) is 0 Å². The van der Waals surface area contributed by atoms with Crippen LogP contribution in [0, 0.1) is 0 Å². The first-order valence-electron chi connectivity index (χ1n) is 7.01. The minimum atomic E-state index is -0.152. The van der Waals surface area contributed by atoms with Gasteiger partial charge in [0, 0.05) is 25.2 Å². The lowest BCUT2D eigenvalue weighted by Crippen LogP contribution is -2.51. The molecule has 1 aromatic carbocycles. The number of nitrogens with one attached hydrogen (secondary N) is 2. The van der Waals surface area contributed by atoms with Crippen molar-refractivity contribution in [3.8, 4) is 11.5 Å². The Hall–Kier alpha value is -2.15. The zero-order chi connectivity index (χ0) is 15.5. The predicted molar refractivity (Wildman–Crippen MR) is 80.5 cm³/mol. The van der Waals surface area contributed by atoms with E-state index >= 15 is 0 Å². The van der Waals surface area contributed by atoms with Crippen LogP contribution in [0.1, 0.15) is 0 Å². The number of carbonyl (C=O) groups is 2. The summed E-state index contributed by atoms with van der Waals surface area (Å²) < 4.78 is 10.9. The van der Waals surface area contributed by atoms with Crippen LogP contribution >= 0.6 is 11.6 Å². The highest BCUT2D eigenvalue weighted by molar-refractivity contribution is 6.33. The van der Waals surface area contributed by atoms with Crippen molar-refractivity contribution in [1.29, 1.82) is 0 Å². The minimum Gasteiger partial charge on any atom is -0.486 e. The van der Waals surface area contributed by atoms with Gasteiger partial charge in [-0.25, -0.2) is 0 Å². The van der Waals surface area contributed by atoms with E-state index in [2.05, 4.69) is 10.6 Å². The van der Waals surface area contributed by atoms with Crippen LogP contribution in [0.3, 0.4) is 0 Å². The average Bonchev–Trinajstić information content (AvgIpc) is 2.52. The van der Waals surface area contributed by atoms with Gasteiger partial charge < -0.3 is 25.0 Å². The van der Waals surface area contributed by atoms with E-state index in [0.717, 1.165) is 0 Å². The highest BCUT2D eigenvalue weighted by atomic mass is 35.5. The third kappa shape index (κ3) is 3.19. The van der Waals surface area contributed by atoms with Gasteiger partial charge in [0.1, 0.15) is 13.2 Å². The van der Waals surface area contributed by atoms with Crippen LogP contribution in [0.25, 0.3) is 0 Å². The number of nitrogens with zero attached hydrogens (tertiary/aromatic N) is 1. The van der Waals surface area contributed by atoms with E-state index in [9.17, 15) is 9.59 Å². The molecule has 22 heavy (non-hydrogen) atoms. The maximum atomic E-state index is 12.1. The number of benzene rings is 1. The van der Waals surface area contributed by atoms with Crippen molar-refractivity contribution < 1.29 is 19.1 Å². The van der Waals surface area contributed by atoms with E-state index in [0.29, 0.717) is 48.5 Å². The summed E-state index contributed by atoms with van der Waals surface area (Å²) >= 11 is 6.17. The number of fused-ring (bicyclic) bond motifs is 1. The van der Waals surface area contributed by atoms with E-state index < -0.39 is 0 Å². The lowest BCUT2D eigenvalue weighted by atomic mass is 10.2. The molecule has 1 fully saturated rings. The molecule has 7 nitrogen and oxygen atoms in total. The Kier molecular flexibility index (Phi) is 4.24. The summed E-state index contributed by atoms with van der Waals surface area (Å²) in [7, 11) is 0. The molecule has 0 radical (unpaired) electrons. The first-order chi connectivity index (χ1) is 10.6. The number of anilines is 1. The first kappa shape index (κ1) is 14.8. The van der Waals surface area contributed by atoms with E-state index in [1.165, 1.54) is 4.90 Å². The molecule has 8 heteroatoms. The summed E-state index contributed by atoms with van der Waals surface area (Å²) in [6.45, 7) is 2.13. The highest BCUT2D eigenvalue weighted by Crippen LogP contribution is 2.37. The van der Waals surface area contributed by atoms with Crippen LogP contribution in [0.2, 0.25) is 5.02 Å². The van der Waals surface area contributed by atoms with Crippen LogP contribution in [0.5, 0.6) is 11.5 Å². The quantitative estimate of drug-likeness (QED) is 0.845. The van der Waals surface area contributed by atoms with Crippen LogP contribution in [0.4, 0.5) is 5.69 Å². The topological polar surface area (TPSA) is 79.9 Å². The number of carbonyl (C=O) groups excluding carboxylic acids is 2. The second-order valence-corrected chi connectivity index (χ2v) is 5.40. The summed E-state index contributed by atoms with van der Waals surface area (Å²) in [6, 6.07) is 3.38. The standard InChI is InChI=1S/C14H16ClN3O4/c15-9-5-11-12(22-4-3-21-11)6-10(9)17-7-14(20)18-2-1-16-13(19)8-18/h5-6,17H,1-4,7-8H2,(H,16,19). The number of hydrogen-bond acceptors (Lipinski definition) is 5. The van der Waals surface area contributed by atoms with Crippen molar-refractivity contribution >= 4 is 29.1 Å². The van der Waals surface area contributed by atoms with Gasteiger partial charge >= 0.3 is 0 Å². The van der Waals surface area contributed by atoms with E-state index in [4.69, 9.17) is 21.1 Å². The molecule has 0 unspecified atom stereocenters. The van der Waals surface area contributed by atoms with Crippen LogP contribution in [0.15, 0.2) is 12.1 Å². The van der Waals surface area contributed by atoms with Crippen molar-refractivity contribution in [3.63, 3.8) is 0 Å². The lowest BCUT2D eigenvalue weighted by Gasteiger charge is -2.27. The molecule has 0 spiro atoms. The molecule has 2 aliphatic heterocycles. The monoisotopic (exact) mass is 325 g/mol. The van der Waals surface area contributed by atoms with Gasteiger partial charge in [0.05, 0.1) is 23.8 Å². The zero-order valence-corrected chi connectivity index (χ0v) is 12.6. The van der Waals surface area contributed by atoms with Crippen molar-refractivity contribution in [2.75, 3.05) is 44.7 Å². The smallest absolute Gasteiger partial charge is 0.242 e. The van der Waals surface area contributed by atoms with Crippen molar-refractivity contribution in [2.24, 2.45) is 0 Å². The Labute approximate surface area is 132 Å². The normalized spacial score (nSPS) is 17.0. The molecule has 3 rings (SSSR count). The molecule has 0 saturated carbocycles. The number of rotatable bonds is 3. The number of halogens is 1. The lowest BCUT2D eigenvalue weighted by molar-refractivity contribution is -0.136. The van der Waals surface area contributed by atoms with E-state index in [-0.39, 0.29) is 24.9 Å². The third-order valence-corrected chi connectivity index (χ3v) is 3.77. The molecule has 0 aromatic heterocycles. The fourth-order valence-corrected chi connectivity index (χ4v) is 2.55. The molecular formula is C14H16ClN3O4. The second kappa shape index (κ2) is 6.31. The van der Waals surface area contributed by atoms with Gasteiger partial charge in [-0.1, -0.05) is 11.6 Å². The molecule has 0 atom stereocenters. The number of hydrogen-bond donors (Lipinski definition) is 2. The average molecular weight is 326 g/mol. The summed E-state index contributed by atoms with van der Waals surface area (Å²) in [5, 5.41) is 6.12. The maximum Gasteiger partial charge on any atom is 0.242 e. The summed E-state index contributed by atoms with van der Waals surface area (Å²) in [4.78, 5) is 24.9. The minimum absolute atomic E-state index is 0.0621. The van der Waals surface area contributed by atoms with Crippen LogP contribution in [-0.4, -0.2) is 56.1 Å². The van der Waals surface area contributed by atoms with Crippen LogP contribution < -0.4 is 20.1 Å². The molecule has 118 valence electrons. The van der Waals surface area contributed by atoms with Gasteiger partial charge in [-0.2, -0.15) is 0 Å². The van der Waals surface area contributed by atoms with Crippen molar-refractivity contribution in [3.05, 3.63) is 17.2 Å². The van der Waals surface area contributed by atoms with Gasteiger partial charge in [-0.3, -0.25) is 9.59 Å². The van der Waals surface area contributed by atoms with Crippen LogP contribution in [-0.2, 0) is 9.59 Å². The fourth-order valence-electron chi connectivity index (χ4n) is 2.33. The Balaban J connectivity index is 1.63. The van der Waals surface area contributed by atoms with Gasteiger partial charge in [-0.15, -0.1) is 0 Å². The number of amides is 2. The van der Waals surface area contributed by atoms with Gasteiger partial charge in [0.15, 0.2) is 11.5 Å². The predicted octanol–water partition coefficient (Wildman–Crippen LogP) is 0.481. The SMILES string of the molecule is O=C1CN(C(=O)CNc2cc3c(cc2Cl)OCCO3)CCN1. The molecule has 0 bridgehead atoms. The summed E-state index contributed by atoms with van der Waals surface area (Å²) in [5.74, 6) is 0.904. The van der Waals surface area contributed by atoms with Crippen molar-refractivity contribution in [2.45, 2.75) is 0 Å². The molecule has 2 aliphatic rings. The second-order valence-electron chi connectivity index (χ2n) is 4.99. The Bertz CT molecular complexity index is 608. The van der Waals surface area contributed by atoms with Gasteiger partial charge in [-0.05, 0) is 0 Å².